The first-order chi connectivity index (χ1) is 13.4. The molecule has 0 unspecified atom stereocenters. The third kappa shape index (κ3) is 4.13. The number of non-ortho nitro benzene ring substituents is 1. The highest BCUT2D eigenvalue weighted by Gasteiger charge is 2.18. The number of anilines is 3. The Morgan fingerprint density at radius 2 is 1.68 bits per heavy atom. The fourth-order valence-electron chi connectivity index (χ4n) is 3.06. The summed E-state index contributed by atoms with van der Waals surface area (Å²) in [7, 11) is 1.77. The van der Waals surface area contributed by atoms with Crippen molar-refractivity contribution in [3.05, 3.63) is 57.1 Å². The maximum atomic E-state index is 11.0. The average Bonchev–Trinajstić information content (AvgIpc) is 2.68. The molecule has 0 heterocycles. The molecule has 0 atom stereocenters. The molecule has 8 heteroatoms. The van der Waals surface area contributed by atoms with Crippen LogP contribution < -0.4 is 15.3 Å². The zero-order valence-corrected chi connectivity index (χ0v) is 16.4. The van der Waals surface area contributed by atoms with Crippen molar-refractivity contribution < 1.29 is 4.92 Å². The van der Waals surface area contributed by atoms with Crippen molar-refractivity contribution in [2.45, 2.75) is 20.8 Å². The van der Waals surface area contributed by atoms with E-state index in [9.17, 15) is 20.6 Å². The molecule has 0 bridgehead atoms. The van der Waals surface area contributed by atoms with Gasteiger partial charge in [-0.3, -0.25) is 20.5 Å². The van der Waals surface area contributed by atoms with Gasteiger partial charge in [0.15, 0.2) is 0 Å². The summed E-state index contributed by atoms with van der Waals surface area (Å²) in [5, 5.41) is 31.5. The Kier molecular flexibility index (Phi) is 6.41. The lowest BCUT2D eigenvalue weighted by atomic mass is 10.1. The Bertz CT molecular complexity index is 935. The van der Waals surface area contributed by atoms with Gasteiger partial charge >= 0.3 is 0 Å². The summed E-state index contributed by atoms with van der Waals surface area (Å²) in [6.07, 6.45) is 0. The van der Waals surface area contributed by atoms with Crippen molar-refractivity contribution in [2.75, 3.05) is 35.5 Å². The minimum atomic E-state index is -0.620. The van der Waals surface area contributed by atoms with Gasteiger partial charge in [-0.2, -0.15) is 10.5 Å². The van der Waals surface area contributed by atoms with Gasteiger partial charge in [-0.25, -0.2) is 0 Å². The largest absolute Gasteiger partial charge is 0.372 e. The number of hydrogen-bond donors (Lipinski definition) is 1. The van der Waals surface area contributed by atoms with Crippen molar-refractivity contribution in [3.8, 4) is 12.1 Å². The molecule has 2 rings (SSSR count). The van der Waals surface area contributed by atoms with Gasteiger partial charge in [-0.05, 0) is 44.5 Å². The summed E-state index contributed by atoms with van der Waals surface area (Å²) >= 11 is 0. The van der Waals surface area contributed by atoms with Crippen molar-refractivity contribution in [1.82, 2.24) is 0 Å². The van der Waals surface area contributed by atoms with Gasteiger partial charge in [-0.1, -0.05) is 0 Å². The van der Waals surface area contributed by atoms with Gasteiger partial charge in [0, 0.05) is 38.0 Å². The van der Waals surface area contributed by atoms with Gasteiger partial charge in [0.25, 0.3) is 5.69 Å². The van der Waals surface area contributed by atoms with Crippen LogP contribution in [-0.2, 0) is 0 Å². The summed E-state index contributed by atoms with van der Waals surface area (Å²) in [4.78, 5) is 12.6. The highest BCUT2D eigenvalue weighted by atomic mass is 16.6. The van der Waals surface area contributed by atoms with E-state index < -0.39 is 4.92 Å². The molecule has 28 heavy (non-hydrogen) atoms. The van der Waals surface area contributed by atoms with Crippen LogP contribution in [0.1, 0.15) is 30.5 Å². The molecule has 8 nitrogen and oxygen atoms in total. The van der Waals surface area contributed by atoms with E-state index in [2.05, 4.69) is 30.2 Å². The number of benzene rings is 2. The summed E-state index contributed by atoms with van der Waals surface area (Å²) in [6.45, 7) is 7.99. The predicted octanol–water partition coefficient (Wildman–Crippen LogP) is 3.96. The second kappa shape index (κ2) is 8.74. The molecule has 0 amide bonds. The zero-order chi connectivity index (χ0) is 20.8. The Labute approximate surface area is 164 Å². The van der Waals surface area contributed by atoms with Crippen molar-refractivity contribution in [2.24, 2.45) is 0 Å². The fraction of sp³-hybridized carbons (Fsp3) is 0.300. The number of nitrogens with one attached hydrogen (secondary N) is 1. The highest BCUT2D eigenvalue weighted by molar-refractivity contribution is 5.73. The van der Waals surface area contributed by atoms with Crippen LogP contribution >= 0.6 is 0 Å². The maximum Gasteiger partial charge on any atom is 0.272 e. The quantitative estimate of drug-likeness (QED) is 0.573. The minimum Gasteiger partial charge on any atom is -0.372 e. The summed E-state index contributed by atoms with van der Waals surface area (Å²) in [6, 6.07) is 12.2. The van der Waals surface area contributed by atoms with Crippen LogP contribution in [0, 0.1) is 39.7 Å². The van der Waals surface area contributed by atoms with E-state index in [0.717, 1.165) is 42.2 Å². The number of hydrogen-bond acceptors (Lipinski definition) is 7. The number of rotatable bonds is 7. The highest BCUT2D eigenvalue weighted by Crippen LogP contribution is 2.30. The first-order valence-corrected chi connectivity index (χ1v) is 8.84. The Balaban J connectivity index is 2.40. The molecular formula is C20H22N6O2. The summed E-state index contributed by atoms with van der Waals surface area (Å²) in [5.41, 5.74) is 6.05. The standard InChI is InChI=1S/C20H22N6O2/c1-5-25(6-2)17-7-8-19(14(3)9-17)24(4)23-20-15(12-21)10-18(26(27)28)11-16(20)13-22/h7-11,23H,5-6H2,1-4H3. The van der Waals surface area contributed by atoms with Gasteiger partial charge in [-0.15, -0.1) is 0 Å². The van der Waals surface area contributed by atoms with Crippen LogP contribution in [0.2, 0.25) is 0 Å². The number of nitro groups is 1. The lowest BCUT2D eigenvalue weighted by Gasteiger charge is -2.27. The van der Waals surface area contributed by atoms with Crippen LogP contribution in [0.25, 0.3) is 0 Å². The third-order valence-corrected chi connectivity index (χ3v) is 4.52. The Morgan fingerprint density at radius 3 is 2.11 bits per heavy atom. The number of aryl methyl sites for hydroxylation is 1. The molecule has 0 radical (unpaired) electrons. The molecule has 0 saturated heterocycles. The fourth-order valence-corrected chi connectivity index (χ4v) is 3.06. The van der Waals surface area contributed by atoms with E-state index in [1.54, 1.807) is 12.1 Å². The molecule has 0 saturated carbocycles. The van der Waals surface area contributed by atoms with Gasteiger partial charge in [0.05, 0.1) is 27.4 Å². The number of nitrogens with zero attached hydrogens (tertiary/aromatic N) is 5. The van der Waals surface area contributed by atoms with E-state index in [-0.39, 0.29) is 22.5 Å². The molecule has 2 aromatic carbocycles. The second-order valence-corrected chi connectivity index (χ2v) is 6.21. The minimum absolute atomic E-state index is 0.0371. The summed E-state index contributed by atoms with van der Waals surface area (Å²) < 4.78 is 0. The molecule has 2 aromatic rings. The Morgan fingerprint density at radius 1 is 1.11 bits per heavy atom. The van der Waals surface area contributed by atoms with Gasteiger partial charge in [0.1, 0.15) is 12.1 Å². The molecular weight excluding hydrogens is 356 g/mol. The van der Waals surface area contributed by atoms with Crippen molar-refractivity contribution in [1.29, 1.82) is 10.5 Å². The number of hydrazine groups is 1. The van der Waals surface area contributed by atoms with E-state index >= 15 is 0 Å². The van der Waals surface area contributed by atoms with E-state index in [0.29, 0.717) is 0 Å². The number of nitriles is 2. The number of nitro benzene ring substituents is 1. The molecule has 144 valence electrons. The van der Waals surface area contributed by atoms with E-state index in [1.165, 1.54) is 0 Å². The van der Waals surface area contributed by atoms with Crippen LogP contribution in [-0.4, -0.2) is 25.1 Å². The molecule has 0 spiro atoms. The first kappa shape index (κ1) is 20.5. The lowest BCUT2D eigenvalue weighted by molar-refractivity contribution is -0.384. The van der Waals surface area contributed by atoms with Crippen LogP contribution in [0.5, 0.6) is 0 Å². The van der Waals surface area contributed by atoms with Crippen molar-refractivity contribution >= 4 is 22.7 Å². The normalized spacial score (nSPS) is 9.93. The van der Waals surface area contributed by atoms with E-state index in [1.807, 2.05) is 31.2 Å². The molecule has 1 N–H and O–H groups in total. The molecule has 0 aliphatic rings. The van der Waals surface area contributed by atoms with Crippen molar-refractivity contribution in [3.63, 3.8) is 0 Å². The zero-order valence-electron chi connectivity index (χ0n) is 16.4. The van der Waals surface area contributed by atoms with E-state index in [4.69, 9.17) is 0 Å². The van der Waals surface area contributed by atoms with Crippen LogP contribution in [0.4, 0.5) is 22.7 Å². The third-order valence-electron chi connectivity index (χ3n) is 4.52. The lowest BCUT2D eigenvalue weighted by Crippen LogP contribution is -2.27. The molecule has 0 fully saturated rings. The SMILES string of the molecule is CCN(CC)c1ccc(N(C)Nc2c(C#N)cc([N+](=O)[O-])cc2C#N)c(C)c1. The van der Waals surface area contributed by atoms with Crippen LogP contribution in [0.3, 0.4) is 0 Å². The average molecular weight is 378 g/mol. The first-order valence-electron chi connectivity index (χ1n) is 8.84. The monoisotopic (exact) mass is 378 g/mol. The molecule has 0 aromatic heterocycles. The Hall–Kier alpha value is -3.78. The van der Waals surface area contributed by atoms with Crippen LogP contribution in [0.15, 0.2) is 30.3 Å². The van der Waals surface area contributed by atoms with Gasteiger partial charge in [0.2, 0.25) is 0 Å². The smallest absolute Gasteiger partial charge is 0.272 e. The maximum absolute atomic E-state index is 11.0. The van der Waals surface area contributed by atoms with Gasteiger partial charge < -0.3 is 4.90 Å². The second-order valence-electron chi connectivity index (χ2n) is 6.21. The molecule has 0 aliphatic carbocycles. The topological polar surface area (TPSA) is 109 Å². The summed E-state index contributed by atoms with van der Waals surface area (Å²) in [5.74, 6) is 0. The predicted molar refractivity (Wildman–Crippen MR) is 109 cm³/mol. The molecule has 0 aliphatic heterocycles.